The molecule has 0 radical (unpaired) electrons. The van der Waals surface area contributed by atoms with Crippen molar-refractivity contribution in [2.45, 2.75) is 5.92 Å². The van der Waals surface area contributed by atoms with Crippen molar-refractivity contribution in [2.24, 2.45) is 0 Å². The third-order valence-corrected chi connectivity index (χ3v) is 3.91. The molecule has 1 aliphatic rings. The van der Waals surface area contributed by atoms with Gasteiger partial charge in [-0.25, -0.2) is 4.79 Å². The average molecular weight is 316 g/mol. The fourth-order valence-corrected chi connectivity index (χ4v) is 2.86. The van der Waals surface area contributed by atoms with E-state index in [1.807, 2.05) is 0 Å². The van der Waals surface area contributed by atoms with Crippen LogP contribution in [0.2, 0.25) is 0 Å². The van der Waals surface area contributed by atoms with E-state index in [-0.39, 0.29) is 33.4 Å². The number of hydrogen-bond donors (Lipinski definition) is 1. The van der Waals surface area contributed by atoms with E-state index in [1.165, 1.54) is 18.2 Å². The molecule has 0 bridgehead atoms. The first-order valence-electron chi connectivity index (χ1n) is 6.89. The van der Waals surface area contributed by atoms with Gasteiger partial charge in [0.2, 0.25) is 0 Å². The number of nitrogens with zero attached hydrogens (tertiary/aromatic N) is 2. The summed E-state index contributed by atoms with van der Waals surface area (Å²) < 4.78 is 0. The maximum absolute atomic E-state index is 12.8. The summed E-state index contributed by atoms with van der Waals surface area (Å²) in [6, 6.07) is 12.0. The number of nitriles is 2. The second-order valence-electron chi connectivity index (χ2n) is 5.15. The molecule has 1 N–H and O–H groups in total. The highest BCUT2D eigenvalue weighted by Crippen LogP contribution is 2.34. The predicted octanol–water partition coefficient (Wildman–Crippen LogP) is 2.29. The van der Waals surface area contributed by atoms with Crippen molar-refractivity contribution in [3.63, 3.8) is 0 Å². The third-order valence-electron chi connectivity index (χ3n) is 3.91. The standard InChI is InChI=1S/C18H8N2O4/c19-7-9(8-20)14-13(18(23)24)6-5-12-15(14)17(22)11-4-2-1-3-10(11)16(12)21/h1-6,9H,(H,23,24). The number of benzene rings is 2. The molecule has 0 amide bonds. The third kappa shape index (κ3) is 1.98. The molecule has 0 saturated heterocycles. The molecule has 3 rings (SSSR count). The van der Waals surface area contributed by atoms with Crippen LogP contribution in [0.5, 0.6) is 0 Å². The molecule has 0 fully saturated rings. The second-order valence-corrected chi connectivity index (χ2v) is 5.15. The van der Waals surface area contributed by atoms with Crippen LogP contribution in [0.4, 0.5) is 0 Å². The molecule has 6 nitrogen and oxygen atoms in total. The minimum Gasteiger partial charge on any atom is -0.478 e. The molecule has 0 aliphatic heterocycles. The summed E-state index contributed by atoms with van der Waals surface area (Å²) in [4.78, 5) is 36.9. The topological polar surface area (TPSA) is 119 Å². The van der Waals surface area contributed by atoms with E-state index < -0.39 is 23.5 Å². The van der Waals surface area contributed by atoms with Crippen LogP contribution >= 0.6 is 0 Å². The van der Waals surface area contributed by atoms with E-state index in [4.69, 9.17) is 0 Å². The lowest BCUT2D eigenvalue weighted by atomic mass is 9.78. The van der Waals surface area contributed by atoms with E-state index in [0.717, 1.165) is 6.07 Å². The molecule has 0 unspecified atom stereocenters. The van der Waals surface area contributed by atoms with Gasteiger partial charge in [-0.15, -0.1) is 0 Å². The van der Waals surface area contributed by atoms with E-state index >= 15 is 0 Å². The number of carboxylic acid groups (broad SMARTS) is 1. The average Bonchev–Trinajstić information content (AvgIpc) is 2.60. The van der Waals surface area contributed by atoms with Gasteiger partial charge in [-0.3, -0.25) is 9.59 Å². The molecule has 0 spiro atoms. The molecular weight excluding hydrogens is 308 g/mol. The van der Waals surface area contributed by atoms with Crippen LogP contribution in [0.25, 0.3) is 0 Å². The summed E-state index contributed by atoms with van der Waals surface area (Å²) in [5, 5.41) is 27.7. The maximum atomic E-state index is 12.8. The van der Waals surface area contributed by atoms with Gasteiger partial charge < -0.3 is 5.11 Å². The first-order valence-corrected chi connectivity index (χ1v) is 6.89. The zero-order valence-corrected chi connectivity index (χ0v) is 12.1. The van der Waals surface area contributed by atoms with Crippen LogP contribution in [0.15, 0.2) is 36.4 Å². The van der Waals surface area contributed by atoms with Crippen molar-refractivity contribution < 1.29 is 19.5 Å². The molecule has 6 heteroatoms. The van der Waals surface area contributed by atoms with Crippen molar-refractivity contribution in [1.82, 2.24) is 0 Å². The summed E-state index contributed by atoms with van der Waals surface area (Å²) in [6.45, 7) is 0. The van der Waals surface area contributed by atoms with Gasteiger partial charge in [-0.2, -0.15) is 10.5 Å². The SMILES string of the molecule is N#CC(C#N)c1c(C(=O)O)ccc2c1C(=O)c1ccccc1C2=O. The van der Waals surface area contributed by atoms with Gasteiger partial charge in [0.25, 0.3) is 0 Å². The largest absolute Gasteiger partial charge is 0.478 e. The smallest absolute Gasteiger partial charge is 0.336 e. The van der Waals surface area contributed by atoms with Gasteiger partial charge in [0.1, 0.15) is 0 Å². The van der Waals surface area contributed by atoms with E-state index in [9.17, 15) is 30.0 Å². The highest BCUT2D eigenvalue weighted by molar-refractivity contribution is 6.29. The lowest BCUT2D eigenvalue weighted by Crippen LogP contribution is -2.25. The van der Waals surface area contributed by atoms with Crippen molar-refractivity contribution in [1.29, 1.82) is 10.5 Å². The zero-order chi connectivity index (χ0) is 17.4. The maximum Gasteiger partial charge on any atom is 0.336 e. The first kappa shape index (κ1) is 15.1. The minimum absolute atomic E-state index is 0.00852. The van der Waals surface area contributed by atoms with Gasteiger partial charge in [0.15, 0.2) is 17.5 Å². The Morgan fingerprint density at radius 1 is 0.917 bits per heavy atom. The Balaban J connectivity index is 2.42. The van der Waals surface area contributed by atoms with Gasteiger partial charge >= 0.3 is 5.97 Å². The van der Waals surface area contributed by atoms with Gasteiger partial charge in [0.05, 0.1) is 17.7 Å². The normalized spacial score (nSPS) is 12.1. The van der Waals surface area contributed by atoms with Crippen molar-refractivity contribution in [3.8, 4) is 12.1 Å². The molecule has 2 aromatic carbocycles. The highest BCUT2D eigenvalue weighted by Gasteiger charge is 2.35. The van der Waals surface area contributed by atoms with Crippen molar-refractivity contribution in [2.75, 3.05) is 0 Å². The first-order chi connectivity index (χ1) is 11.5. The van der Waals surface area contributed by atoms with Crippen molar-refractivity contribution >= 4 is 17.5 Å². The number of ketones is 2. The van der Waals surface area contributed by atoms with E-state index in [0.29, 0.717) is 0 Å². The van der Waals surface area contributed by atoms with Crippen LogP contribution < -0.4 is 0 Å². The Bertz CT molecular complexity index is 995. The van der Waals surface area contributed by atoms with Crippen LogP contribution in [0.3, 0.4) is 0 Å². The number of carboxylic acids is 1. The second kappa shape index (κ2) is 5.45. The summed E-state index contributed by atoms with van der Waals surface area (Å²) in [6.07, 6.45) is 0. The zero-order valence-electron chi connectivity index (χ0n) is 12.1. The number of carbonyl (C=O) groups excluding carboxylic acids is 2. The summed E-state index contributed by atoms with van der Waals surface area (Å²) in [7, 11) is 0. The molecule has 0 atom stereocenters. The Hall–Kier alpha value is -3.77. The number of rotatable bonds is 2. The molecule has 114 valence electrons. The van der Waals surface area contributed by atoms with E-state index in [1.54, 1.807) is 24.3 Å². The summed E-state index contributed by atoms with van der Waals surface area (Å²) in [5.74, 6) is -3.84. The lowest BCUT2D eigenvalue weighted by Gasteiger charge is -2.21. The Labute approximate surface area is 136 Å². The minimum atomic E-state index is -1.46. The van der Waals surface area contributed by atoms with Crippen LogP contribution in [-0.4, -0.2) is 22.6 Å². The van der Waals surface area contributed by atoms with Crippen LogP contribution in [0.1, 0.15) is 53.7 Å². The number of fused-ring (bicyclic) bond motifs is 2. The molecule has 0 heterocycles. The molecule has 2 aromatic rings. The Morgan fingerprint density at radius 2 is 1.50 bits per heavy atom. The predicted molar refractivity (Wildman–Crippen MR) is 80.7 cm³/mol. The molecule has 0 aromatic heterocycles. The quantitative estimate of drug-likeness (QED) is 0.774. The van der Waals surface area contributed by atoms with Gasteiger partial charge in [0, 0.05) is 27.8 Å². The van der Waals surface area contributed by atoms with Crippen LogP contribution in [0, 0.1) is 22.7 Å². The number of aromatic carboxylic acids is 1. The lowest BCUT2D eigenvalue weighted by molar-refractivity contribution is 0.0695. The monoisotopic (exact) mass is 316 g/mol. The van der Waals surface area contributed by atoms with Gasteiger partial charge in [-0.1, -0.05) is 24.3 Å². The fourth-order valence-electron chi connectivity index (χ4n) is 2.86. The summed E-state index contributed by atoms with van der Waals surface area (Å²) in [5.41, 5.74) is -0.371. The Morgan fingerprint density at radius 3 is 2.04 bits per heavy atom. The summed E-state index contributed by atoms with van der Waals surface area (Å²) >= 11 is 0. The highest BCUT2D eigenvalue weighted by atomic mass is 16.4. The fraction of sp³-hybridized carbons (Fsp3) is 0.0556. The van der Waals surface area contributed by atoms with Gasteiger partial charge in [-0.05, 0) is 12.1 Å². The van der Waals surface area contributed by atoms with E-state index in [2.05, 4.69) is 0 Å². The Kier molecular flexibility index (Phi) is 3.44. The number of carbonyl (C=O) groups is 3. The molecule has 0 saturated carbocycles. The van der Waals surface area contributed by atoms with Crippen LogP contribution in [-0.2, 0) is 0 Å². The molecule has 1 aliphatic carbocycles. The molecule has 24 heavy (non-hydrogen) atoms. The number of hydrogen-bond acceptors (Lipinski definition) is 5. The molecular formula is C18H8N2O4. The van der Waals surface area contributed by atoms with Crippen molar-refractivity contribution in [3.05, 3.63) is 69.8 Å².